The van der Waals surface area contributed by atoms with Crippen LogP contribution in [0.3, 0.4) is 0 Å². The van der Waals surface area contributed by atoms with Crippen molar-refractivity contribution in [3.8, 4) is 0 Å². The van der Waals surface area contributed by atoms with Crippen LogP contribution in [0, 0.1) is 18.8 Å². The molecule has 1 unspecified atom stereocenters. The summed E-state index contributed by atoms with van der Waals surface area (Å²) in [6.07, 6.45) is -0.0989. The van der Waals surface area contributed by atoms with Crippen LogP contribution < -0.4 is 15.5 Å². The SMILES string of the molecule is Cc1[nH]c(C(=O)N[C@H]2[C@@H]3CN(c4nc(CC(=O)N5CCC(NC(=O)OC(C)(C)C)C5)c(C(=O)O)s4)C[C@@H]32)c(Cl)c1Cl. The van der Waals surface area contributed by atoms with Crippen LogP contribution in [0.25, 0.3) is 0 Å². The Labute approximate surface area is 250 Å². The number of aryl methyl sites for hydroxylation is 1. The Morgan fingerprint density at radius 1 is 1.12 bits per heavy atom. The van der Waals surface area contributed by atoms with E-state index in [2.05, 4.69) is 20.6 Å². The van der Waals surface area contributed by atoms with E-state index >= 15 is 0 Å². The van der Waals surface area contributed by atoms with Gasteiger partial charge in [-0.3, -0.25) is 9.59 Å². The maximum absolute atomic E-state index is 13.0. The van der Waals surface area contributed by atoms with Crippen molar-refractivity contribution in [2.24, 2.45) is 11.8 Å². The molecule has 0 aromatic carbocycles. The van der Waals surface area contributed by atoms with Crippen molar-refractivity contribution in [2.75, 3.05) is 31.1 Å². The Morgan fingerprint density at radius 3 is 2.39 bits per heavy atom. The third-order valence-corrected chi connectivity index (χ3v) is 9.60. The Morgan fingerprint density at radius 2 is 1.80 bits per heavy atom. The van der Waals surface area contributed by atoms with Crippen molar-refractivity contribution in [1.82, 2.24) is 25.5 Å². The Bertz CT molecular complexity index is 1390. The number of carboxylic acid groups (broad SMARTS) is 1. The number of aromatic amines is 1. The lowest BCUT2D eigenvalue weighted by molar-refractivity contribution is -0.129. The molecule has 222 valence electrons. The number of rotatable bonds is 7. The van der Waals surface area contributed by atoms with Gasteiger partial charge in [0, 0.05) is 49.8 Å². The second-order valence-corrected chi connectivity index (χ2v) is 13.4. The molecule has 15 heteroatoms. The summed E-state index contributed by atoms with van der Waals surface area (Å²) in [7, 11) is 0. The van der Waals surface area contributed by atoms with Crippen LogP contribution in [0.4, 0.5) is 9.93 Å². The van der Waals surface area contributed by atoms with E-state index < -0.39 is 17.7 Å². The first-order valence-corrected chi connectivity index (χ1v) is 14.9. The molecule has 12 nitrogen and oxygen atoms in total. The minimum Gasteiger partial charge on any atom is -0.477 e. The topological polar surface area (TPSA) is 157 Å². The maximum atomic E-state index is 13.0. The molecule has 1 aliphatic carbocycles. The number of nitrogens with zero attached hydrogens (tertiary/aromatic N) is 3. The fourth-order valence-electron chi connectivity index (χ4n) is 5.44. The number of piperidine rings is 1. The predicted molar refractivity (Wildman–Crippen MR) is 153 cm³/mol. The number of anilines is 1. The number of carbonyl (C=O) groups is 4. The minimum absolute atomic E-state index is 0.0189. The fourth-order valence-corrected chi connectivity index (χ4v) is 6.80. The summed E-state index contributed by atoms with van der Waals surface area (Å²) in [6.45, 7) is 9.05. The van der Waals surface area contributed by atoms with Crippen molar-refractivity contribution in [1.29, 1.82) is 0 Å². The molecule has 4 N–H and O–H groups in total. The largest absolute Gasteiger partial charge is 0.477 e. The van der Waals surface area contributed by atoms with E-state index in [1.54, 1.807) is 32.6 Å². The molecular formula is C26H32Cl2N6O6S. The van der Waals surface area contributed by atoms with Gasteiger partial charge < -0.3 is 35.3 Å². The maximum Gasteiger partial charge on any atom is 0.407 e. The highest BCUT2D eigenvalue weighted by Crippen LogP contribution is 2.48. The number of hydrogen-bond acceptors (Lipinski definition) is 8. The van der Waals surface area contributed by atoms with Gasteiger partial charge in [0.1, 0.15) is 16.2 Å². The number of carbonyl (C=O) groups excluding carboxylic acids is 3. The van der Waals surface area contributed by atoms with Crippen molar-refractivity contribution in [3.63, 3.8) is 0 Å². The van der Waals surface area contributed by atoms with Gasteiger partial charge in [0.05, 0.1) is 28.2 Å². The van der Waals surface area contributed by atoms with Crippen LogP contribution in [-0.2, 0) is 16.0 Å². The molecule has 4 atom stereocenters. The smallest absolute Gasteiger partial charge is 0.407 e. The zero-order valence-corrected chi connectivity index (χ0v) is 25.4. The Balaban J connectivity index is 1.16. The first-order chi connectivity index (χ1) is 19.2. The molecule has 3 fully saturated rings. The van der Waals surface area contributed by atoms with Gasteiger partial charge in [-0.25, -0.2) is 14.6 Å². The van der Waals surface area contributed by atoms with Crippen LogP contribution in [0.1, 0.15) is 58.7 Å². The number of H-pyrrole nitrogens is 1. The summed E-state index contributed by atoms with van der Waals surface area (Å²) >= 11 is 13.3. The zero-order chi connectivity index (χ0) is 29.8. The molecule has 3 amide bonds. The Hall–Kier alpha value is -3.03. The number of amides is 3. The number of likely N-dealkylation sites (tertiary alicyclic amines) is 1. The van der Waals surface area contributed by atoms with Crippen LogP contribution in [0.5, 0.6) is 0 Å². The number of thiazole rings is 1. The molecule has 2 aromatic rings. The molecular weight excluding hydrogens is 595 g/mol. The second kappa shape index (κ2) is 11.0. The molecule has 1 saturated carbocycles. The minimum atomic E-state index is -1.13. The summed E-state index contributed by atoms with van der Waals surface area (Å²) in [6, 6.07) is -0.257. The Kier molecular flexibility index (Phi) is 7.90. The number of carboxylic acids is 1. The highest BCUT2D eigenvalue weighted by Gasteiger charge is 2.57. The van der Waals surface area contributed by atoms with Crippen LogP contribution in [0.2, 0.25) is 10.0 Å². The number of ether oxygens (including phenoxy) is 1. The van der Waals surface area contributed by atoms with E-state index in [0.717, 1.165) is 11.3 Å². The monoisotopic (exact) mass is 626 g/mol. The van der Waals surface area contributed by atoms with Crippen molar-refractivity contribution >= 4 is 63.5 Å². The van der Waals surface area contributed by atoms with Gasteiger partial charge in [0.2, 0.25) is 5.91 Å². The summed E-state index contributed by atoms with van der Waals surface area (Å²) < 4.78 is 5.29. The summed E-state index contributed by atoms with van der Waals surface area (Å²) in [5.74, 6) is -1.29. The average Bonchev–Trinajstić information content (AvgIpc) is 3.41. The summed E-state index contributed by atoms with van der Waals surface area (Å²) in [5.41, 5.74) is 0.466. The molecule has 2 aliphatic heterocycles. The van der Waals surface area contributed by atoms with Crippen LogP contribution in [0.15, 0.2) is 0 Å². The van der Waals surface area contributed by atoms with Gasteiger partial charge in [0.25, 0.3) is 5.91 Å². The number of aromatic carboxylic acids is 1. The fraction of sp³-hybridized carbons (Fsp3) is 0.577. The summed E-state index contributed by atoms with van der Waals surface area (Å²) in [5, 5.41) is 16.6. The van der Waals surface area contributed by atoms with Crippen molar-refractivity contribution < 1.29 is 29.0 Å². The third-order valence-electron chi connectivity index (χ3n) is 7.50. The van der Waals surface area contributed by atoms with Crippen LogP contribution >= 0.6 is 34.5 Å². The second-order valence-electron chi connectivity index (χ2n) is 11.7. The van der Waals surface area contributed by atoms with E-state index in [-0.39, 0.29) is 63.4 Å². The molecule has 5 rings (SSSR count). The lowest BCUT2D eigenvalue weighted by Crippen LogP contribution is -2.41. The van der Waals surface area contributed by atoms with Gasteiger partial charge in [-0.1, -0.05) is 34.5 Å². The number of alkyl carbamates (subject to hydrolysis) is 1. The first kappa shape index (κ1) is 29.5. The van der Waals surface area contributed by atoms with Gasteiger partial charge in [0.15, 0.2) is 5.13 Å². The number of aromatic nitrogens is 2. The predicted octanol–water partition coefficient (Wildman–Crippen LogP) is 3.32. The number of hydrogen-bond donors (Lipinski definition) is 4. The molecule has 41 heavy (non-hydrogen) atoms. The normalized spacial score (nSPS) is 23.4. The van der Waals surface area contributed by atoms with Gasteiger partial charge >= 0.3 is 12.1 Å². The molecule has 4 heterocycles. The van der Waals surface area contributed by atoms with E-state index in [1.807, 2.05) is 4.90 Å². The molecule has 2 saturated heterocycles. The lowest BCUT2D eigenvalue weighted by Gasteiger charge is -2.22. The highest BCUT2D eigenvalue weighted by atomic mass is 35.5. The van der Waals surface area contributed by atoms with Crippen molar-refractivity contribution in [2.45, 2.75) is 58.2 Å². The lowest BCUT2D eigenvalue weighted by atomic mass is 10.2. The molecule has 0 radical (unpaired) electrons. The molecule has 0 spiro atoms. The average molecular weight is 628 g/mol. The molecule has 2 aromatic heterocycles. The molecule has 0 bridgehead atoms. The molecule has 3 aliphatic rings. The van der Waals surface area contributed by atoms with Gasteiger partial charge in [-0.05, 0) is 34.1 Å². The van der Waals surface area contributed by atoms with Crippen molar-refractivity contribution in [3.05, 3.63) is 32.0 Å². The number of fused-ring (bicyclic) bond motifs is 1. The summed E-state index contributed by atoms with van der Waals surface area (Å²) in [4.78, 5) is 60.9. The first-order valence-electron chi connectivity index (χ1n) is 13.3. The number of halogens is 2. The zero-order valence-electron chi connectivity index (χ0n) is 23.0. The standard InChI is InChI=1S/C26H32Cl2N6O6S/c1-11-17(27)18(28)20(29-11)22(36)32-19-13-9-34(10-14(13)19)24-31-15(21(41-24)23(37)38)7-16(35)33-6-5-12(8-33)30-25(39)40-26(2,3)4/h12-14,19,29H,5-10H2,1-4H3,(H,30,39)(H,32,36)(H,37,38)/t12?,13-,14+,19+. The number of nitrogens with one attached hydrogen (secondary N) is 3. The van der Waals surface area contributed by atoms with E-state index in [9.17, 15) is 24.3 Å². The van der Waals surface area contributed by atoms with E-state index in [4.69, 9.17) is 27.9 Å². The quantitative estimate of drug-likeness (QED) is 0.364. The van der Waals surface area contributed by atoms with Crippen LogP contribution in [-0.4, -0.2) is 87.7 Å². The highest BCUT2D eigenvalue weighted by molar-refractivity contribution is 7.17. The van der Waals surface area contributed by atoms with Gasteiger partial charge in [-0.2, -0.15) is 0 Å². The van der Waals surface area contributed by atoms with E-state index in [1.165, 1.54) is 0 Å². The third kappa shape index (κ3) is 6.26. The van der Waals surface area contributed by atoms with Gasteiger partial charge in [-0.15, -0.1) is 0 Å². The van der Waals surface area contributed by atoms with E-state index in [0.29, 0.717) is 48.4 Å².